The lowest BCUT2D eigenvalue weighted by Crippen LogP contribution is -2.12. The quantitative estimate of drug-likeness (QED) is 0.190. The van der Waals surface area contributed by atoms with Gasteiger partial charge in [0.1, 0.15) is 22.3 Å². The molecule has 10 rings (SSSR count). The predicted molar refractivity (Wildman–Crippen MR) is 204 cm³/mol. The van der Waals surface area contributed by atoms with Gasteiger partial charge in [0.15, 0.2) is 0 Å². The summed E-state index contributed by atoms with van der Waals surface area (Å²) < 4.78 is 13.2. The average Bonchev–Trinajstić information content (AvgIpc) is 3.75. The summed E-state index contributed by atoms with van der Waals surface area (Å²) in [6.45, 7) is 0. The topological polar surface area (TPSA) is 29.5 Å². The van der Waals surface area contributed by atoms with Gasteiger partial charge in [-0.25, -0.2) is 0 Å². The van der Waals surface area contributed by atoms with Crippen LogP contribution in [0, 0.1) is 0 Å². The zero-order valence-electron chi connectivity index (χ0n) is 26.5. The largest absolute Gasteiger partial charge is 0.456 e. The lowest BCUT2D eigenvalue weighted by Gasteiger charge is -2.29. The third-order valence-electron chi connectivity index (χ3n) is 9.66. The van der Waals surface area contributed by atoms with E-state index in [-0.39, 0.29) is 0 Å². The number of anilines is 3. The molecule has 0 atom stereocenters. The van der Waals surface area contributed by atoms with Gasteiger partial charge in [0, 0.05) is 21.7 Å². The maximum atomic E-state index is 6.72. The van der Waals surface area contributed by atoms with Crippen molar-refractivity contribution in [2.24, 2.45) is 0 Å². The van der Waals surface area contributed by atoms with Crippen molar-refractivity contribution in [3.63, 3.8) is 0 Å². The highest BCUT2D eigenvalue weighted by molar-refractivity contribution is 6.21. The van der Waals surface area contributed by atoms with E-state index < -0.39 is 0 Å². The molecule has 230 valence electrons. The van der Waals surface area contributed by atoms with Gasteiger partial charge < -0.3 is 13.7 Å². The molecule has 0 amide bonds. The van der Waals surface area contributed by atoms with Crippen LogP contribution < -0.4 is 4.90 Å². The molecule has 0 spiro atoms. The molecule has 0 N–H and O–H groups in total. The molecule has 2 aromatic heterocycles. The Morgan fingerprint density at radius 3 is 1.73 bits per heavy atom. The van der Waals surface area contributed by atoms with Crippen molar-refractivity contribution in [2.75, 3.05) is 4.90 Å². The summed E-state index contributed by atoms with van der Waals surface area (Å²) in [6, 6.07) is 62.0. The Morgan fingerprint density at radius 2 is 0.959 bits per heavy atom. The van der Waals surface area contributed by atoms with Crippen molar-refractivity contribution < 1.29 is 8.83 Å². The first kappa shape index (κ1) is 27.5. The smallest absolute Gasteiger partial charge is 0.143 e. The van der Waals surface area contributed by atoms with Crippen LogP contribution in [-0.2, 0) is 0 Å². The molecule has 0 radical (unpaired) electrons. The maximum Gasteiger partial charge on any atom is 0.143 e. The lowest BCUT2D eigenvalue weighted by atomic mass is 9.95. The van der Waals surface area contributed by atoms with Gasteiger partial charge in [-0.1, -0.05) is 127 Å². The minimum absolute atomic E-state index is 0.847. The van der Waals surface area contributed by atoms with Gasteiger partial charge in [0.2, 0.25) is 0 Å². The summed E-state index contributed by atoms with van der Waals surface area (Å²) in [6.07, 6.45) is 0. The zero-order valence-corrected chi connectivity index (χ0v) is 26.5. The third-order valence-corrected chi connectivity index (χ3v) is 9.66. The Bertz CT molecular complexity index is 2830. The van der Waals surface area contributed by atoms with E-state index in [1.807, 2.05) is 12.1 Å². The van der Waals surface area contributed by atoms with E-state index in [0.29, 0.717) is 0 Å². The lowest BCUT2D eigenvalue weighted by molar-refractivity contribution is 0.669. The van der Waals surface area contributed by atoms with Crippen LogP contribution in [0.4, 0.5) is 17.1 Å². The monoisotopic (exact) mass is 627 g/mol. The number of para-hydroxylation sites is 1. The number of hydrogen-bond donors (Lipinski definition) is 0. The van der Waals surface area contributed by atoms with E-state index in [1.165, 1.54) is 5.56 Å². The van der Waals surface area contributed by atoms with Crippen LogP contribution in [0.5, 0.6) is 0 Å². The van der Waals surface area contributed by atoms with E-state index in [0.717, 1.165) is 88.4 Å². The van der Waals surface area contributed by atoms with Crippen molar-refractivity contribution in [1.29, 1.82) is 0 Å². The molecule has 2 heterocycles. The normalized spacial score (nSPS) is 11.7. The third kappa shape index (κ3) is 4.37. The number of hydrogen-bond acceptors (Lipinski definition) is 3. The Labute approximate surface area is 282 Å². The SMILES string of the molecule is c1ccc(-c2ccc(N(c3cccc4oc5ccccc5c34)c3cccc4oc5c6ccccc6ccc5c34)c(-c3ccccc3)c2)cc1. The Kier molecular flexibility index (Phi) is 6.18. The molecule has 49 heavy (non-hydrogen) atoms. The zero-order chi connectivity index (χ0) is 32.3. The highest BCUT2D eigenvalue weighted by Gasteiger charge is 2.25. The first-order valence-corrected chi connectivity index (χ1v) is 16.6. The first-order chi connectivity index (χ1) is 24.3. The second kappa shape index (κ2) is 11.0. The molecule has 0 aliphatic carbocycles. The van der Waals surface area contributed by atoms with Crippen LogP contribution >= 0.6 is 0 Å². The Balaban J connectivity index is 1.34. The summed E-state index contributed by atoms with van der Waals surface area (Å²) in [4.78, 5) is 2.41. The van der Waals surface area contributed by atoms with Gasteiger partial charge in [-0.2, -0.15) is 0 Å². The van der Waals surface area contributed by atoms with Gasteiger partial charge in [0.25, 0.3) is 0 Å². The molecule has 8 aromatic carbocycles. The van der Waals surface area contributed by atoms with Gasteiger partial charge in [-0.05, 0) is 70.6 Å². The highest BCUT2D eigenvalue weighted by Crippen LogP contribution is 2.50. The summed E-state index contributed by atoms with van der Waals surface area (Å²) in [5.74, 6) is 0. The number of benzene rings is 8. The molecule has 0 saturated heterocycles. The van der Waals surface area contributed by atoms with Crippen molar-refractivity contribution >= 4 is 71.7 Å². The number of rotatable bonds is 5. The fourth-order valence-electron chi connectivity index (χ4n) is 7.44. The fraction of sp³-hybridized carbons (Fsp3) is 0. The fourth-order valence-corrected chi connectivity index (χ4v) is 7.44. The van der Waals surface area contributed by atoms with E-state index in [1.54, 1.807) is 0 Å². The average molecular weight is 628 g/mol. The first-order valence-electron chi connectivity index (χ1n) is 16.6. The van der Waals surface area contributed by atoms with E-state index >= 15 is 0 Å². The van der Waals surface area contributed by atoms with Crippen molar-refractivity contribution in [1.82, 2.24) is 0 Å². The molecule has 0 aliphatic rings. The minimum Gasteiger partial charge on any atom is -0.456 e. The number of nitrogens with zero attached hydrogens (tertiary/aromatic N) is 1. The predicted octanol–water partition coefficient (Wildman–Crippen LogP) is 13.4. The van der Waals surface area contributed by atoms with Crippen molar-refractivity contribution in [3.05, 3.63) is 176 Å². The molecular weight excluding hydrogens is 599 g/mol. The van der Waals surface area contributed by atoms with Crippen LogP contribution in [0.25, 0.3) is 76.9 Å². The van der Waals surface area contributed by atoms with Crippen LogP contribution in [0.3, 0.4) is 0 Å². The molecule has 10 aromatic rings. The summed E-state index contributed by atoms with van der Waals surface area (Å²) in [5, 5.41) is 6.56. The molecule has 0 bridgehead atoms. The van der Waals surface area contributed by atoms with Gasteiger partial charge in [-0.3, -0.25) is 0 Å². The standard InChI is InChI=1S/C46H29NO2/c1-3-13-30(14-4-1)33-26-28-38(37(29-33)31-15-5-2-6-16-31)47(39-20-11-23-42-44(39)35-19-9-10-22-41(35)48-42)40-21-12-24-43-45(40)36-27-25-32-17-7-8-18-34(32)46(36)49-43/h1-29H. The molecular formula is C46H29NO2. The van der Waals surface area contributed by atoms with Crippen LogP contribution in [0.1, 0.15) is 0 Å². The van der Waals surface area contributed by atoms with Crippen molar-refractivity contribution in [2.45, 2.75) is 0 Å². The molecule has 0 aliphatic heterocycles. The van der Waals surface area contributed by atoms with E-state index in [2.05, 4.69) is 169 Å². The van der Waals surface area contributed by atoms with Crippen LogP contribution in [-0.4, -0.2) is 0 Å². The van der Waals surface area contributed by atoms with Crippen LogP contribution in [0.15, 0.2) is 185 Å². The molecule has 0 saturated carbocycles. The molecule has 0 unspecified atom stereocenters. The second-order valence-corrected chi connectivity index (χ2v) is 12.5. The molecule has 3 heteroatoms. The summed E-state index contributed by atoms with van der Waals surface area (Å²) in [7, 11) is 0. The van der Waals surface area contributed by atoms with E-state index in [4.69, 9.17) is 8.83 Å². The summed E-state index contributed by atoms with van der Waals surface area (Å²) >= 11 is 0. The van der Waals surface area contributed by atoms with Gasteiger partial charge in [-0.15, -0.1) is 0 Å². The molecule has 0 fully saturated rings. The van der Waals surface area contributed by atoms with Gasteiger partial charge >= 0.3 is 0 Å². The Hall–Kier alpha value is -6.58. The van der Waals surface area contributed by atoms with Crippen molar-refractivity contribution in [3.8, 4) is 22.3 Å². The number of fused-ring (bicyclic) bond motifs is 8. The Morgan fingerprint density at radius 1 is 0.347 bits per heavy atom. The van der Waals surface area contributed by atoms with E-state index in [9.17, 15) is 0 Å². The second-order valence-electron chi connectivity index (χ2n) is 12.5. The minimum atomic E-state index is 0.847. The highest BCUT2D eigenvalue weighted by atomic mass is 16.3. The van der Waals surface area contributed by atoms with Crippen LogP contribution in [0.2, 0.25) is 0 Å². The molecule has 3 nitrogen and oxygen atoms in total. The summed E-state index contributed by atoms with van der Waals surface area (Å²) in [5.41, 5.74) is 11.2. The van der Waals surface area contributed by atoms with Gasteiger partial charge in [0.05, 0.1) is 27.8 Å². The maximum absolute atomic E-state index is 6.72. The number of furan rings is 2.